The lowest BCUT2D eigenvalue weighted by molar-refractivity contribution is 1.55. The first-order valence-electron chi connectivity index (χ1n) is 10.1. The lowest BCUT2D eigenvalue weighted by Crippen LogP contribution is -1.85. The zero-order chi connectivity index (χ0) is 20.1. The fraction of sp³-hybridized carbons (Fsp3) is 0. The molecule has 2 heteroatoms. The maximum atomic E-state index is 6.48. The highest BCUT2D eigenvalue weighted by atomic mass is 35.5. The van der Waals surface area contributed by atoms with Gasteiger partial charge in [-0.1, -0.05) is 90.5 Å². The second kappa shape index (κ2) is 6.76. The van der Waals surface area contributed by atoms with Crippen LogP contribution in [0.2, 0.25) is 5.02 Å². The highest BCUT2D eigenvalue weighted by molar-refractivity contribution is 6.33. The van der Waals surface area contributed by atoms with E-state index in [1.165, 1.54) is 43.7 Å². The van der Waals surface area contributed by atoms with Gasteiger partial charge in [0.2, 0.25) is 0 Å². The molecule has 0 bridgehead atoms. The average molecular weight is 404 g/mol. The summed E-state index contributed by atoms with van der Waals surface area (Å²) < 4.78 is 0. The SMILES string of the molecule is Clc1ccccc1-c1cccc(-c2cccc3ccc4[nH]c5ccccc5c4c23)c1. The predicted octanol–water partition coefficient (Wildman–Crippen LogP) is 8.46. The lowest BCUT2D eigenvalue weighted by Gasteiger charge is -2.11. The fourth-order valence-electron chi connectivity index (χ4n) is 4.51. The second-order valence-electron chi connectivity index (χ2n) is 7.62. The van der Waals surface area contributed by atoms with Crippen molar-refractivity contribution in [3.8, 4) is 22.3 Å². The molecule has 1 aromatic heterocycles. The molecule has 1 heterocycles. The number of hydrogen-bond donors (Lipinski definition) is 1. The third-order valence-electron chi connectivity index (χ3n) is 5.87. The smallest absolute Gasteiger partial charge is 0.0484 e. The van der Waals surface area contributed by atoms with Crippen molar-refractivity contribution >= 4 is 44.2 Å². The third kappa shape index (κ3) is 2.63. The van der Waals surface area contributed by atoms with Gasteiger partial charge in [-0.2, -0.15) is 0 Å². The Labute approximate surface area is 179 Å². The Morgan fingerprint density at radius 2 is 1.27 bits per heavy atom. The number of fused-ring (bicyclic) bond motifs is 5. The molecule has 142 valence electrons. The summed E-state index contributed by atoms with van der Waals surface area (Å²) in [6.07, 6.45) is 0. The molecule has 0 saturated carbocycles. The molecule has 0 atom stereocenters. The van der Waals surface area contributed by atoms with Gasteiger partial charge in [0.05, 0.1) is 0 Å². The Morgan fingerprint density at radius 1 is 0.533 bits per heavy atom. The van der Waals surface area contributed by atoms with Gasteiger partial charge in [-0.25, -0.2) is 0 Å². The zero-order valence-corrected chi connectivity index (χ0v) is 16.9. The Hall–Kier alpha value is -3.55. The fourth-order valence-corrected chi connectivity index (χ4v) is 4.75. The van der Waals surface area contributed by atoms with Gasteiger partial charge in [0.15, 0.2) is 0 Å². The monoisotopic (exact) mass is 403 g/mol. The van der Waals surface area contributed by atoms with Crippen LogP contribution in [0, 0.1) is 0 Å². The van der Waals surface area contributed by atoms with Crippen LogP contribution in [0.15, 0.2) is 103 Å². The zero-order valence-electron chi connectivity index (χ0n) is 16.2. The number of halogens is 1. The van der Waals surface area contributed by atoms with E-state index in [2.05, 4.69) is 89.9 Å². The van der Waals surface area contributed by atoms with Crippen LogP contribution in [0.1, 0.15) is 0 Å². The van der Waals surface area contributed by atoms with Gasteiger partial charge < -0.3 is 4.98 Å². The minimum atomic E-state index is 0.770. The van der Waals surface area contributed by atoms with E-state index in [-0.39, 0.29) is 0 Å². The van der Waals surface area contributed by atoms with E-state index in [0.717, 1.165) is 16.1 Å². The summed E-state index contributed by atoms with van der Waals surface area (Å²) in [7, 11) is 0. The molecule has 0 unspecified atom stereocenters. The summed E-state index contributed by atoms with van der Waals surface area (Å²) in [4.78, 5) is 3.58. The van der Waals surface area contributed by atoms with E-state index in [1.54, 1.807) is 0 Å². The number of H-pyrrole nitrogens is 1. The van der Waals surface area contributed by atoms with E-state index in [4.69, 9.17) is 11.6 Å². The Morgan fingerprint density at radius 3 is 2.17 bits per heavy atom. The molecular weight excluding hydrogens is 386 g/mol. The maximum Gasteiger partial charge on any atom is 0.0484 e. The summed E-state index contributed by atoms with van der Waals surface area (Å²) >= 11 is 6.48. The first-order chi connectivity index (χ1) is 14.8. The van der Waals surface area contributed by atoms with Crippen molar-refractivity contribution in [2.45, 2.75) is 0 Å². The molecule has 0 saturated heterocycles. The van der Waals surface area contributed by atoms with Gasteiger partial charge in [0, 0.05) is 32.4 Å². The molecule has 0 amide bonds. The molecule has 30 heavy (non-hydrogen) atoms. The van der Waals surface area contributed by atoms with E-state index in [1.807, 2.05) is 18.2 Å². The number of para-hydroxylation sites is 1. The van der Waals surface area contributed by atoms with Crippen LogP contribution >= 0.6 is 11.6 Å². The topological polar surface area (TPSA) is 15.8 Å². The Bertz CT molecular complexity index is 1560. The van der Waals surface area contributed by atoms with Gasteiger partial charge in [0.1, 0.15) is 0 Å². The number of aromatic nitrogens is 1. The van der Waals surface area contributed by atoms with Gasteiger partial charge in [-0.15, -0.1) is 0 Å². The molecule has 0 spiro atoms. The second-order valence-corrected chi connectivity index (χ2v) is 8.03. The third-order valence-corrected chi connectivity index (χ3v) is 6.20. The van der Waals surface area contributed by atoms with Crippen LogP contribution in [0.5, 0.6) is 0 Å². The van der Waals surface area contributed by atoms with Crippen molar-refractivity contribution in [2.75, 3.05) is 0 Å². The van der Waals surface area contributed by atoms with Gasteiger partial charge in [-0.3, -0.25) is 0 Å². The van der Waals surface area contributed by atoms with Gasteiger partial charge in [-0.05, 0) is 51.7 Å². The highest BCUT2D eigenvalue weighted by Gasteiger charge is 2.13. The van der Waals surface area contributed by atoms with Crippen molar-refractivity contribution in [2.24, 2.45) is 0 Å². The minimum absolute atomic E-state index is 0.770. The summed E-state index contributed by atoms with van der Waals surface area (Å²) in [6.45, 7) is 0. The molecule has 1 nitrogen and oxygen atoms in total. The number of aromatic amines is 1. The van der Waals surface area contributed by atoms with E-state index < -0.39 is 0 Å². The number of rotatable bonds is 2. The largest absolute Gasteiger partial charge is 0.354 e. The van der Waals surface area contributed by atoms with Crippen molar-refractivity contribution < 1.29 is 0 Å². The average Bonchev–Trinajstić information content (AvgIpc) is 3.18. The molecule has 0 aliphatic carbocycles. The van der Waals surface area contributed by atoms with Gasteiger partial charge in [0.25, 0.3) is 0 Å². The van der Waals surface area contributed by atoms with E-state index >= 15 is 0 Å². The van der Waals surface area contributed by atoms with Crippen LogP contribution < -0.4 is 0 Å². The standard InChI is InChI=1S/C28H18ClN/c29-24-13-3-1-10-21(24)19-8-5-9-20(17-19)22-12-6-7-18-15-16-26-28(27(18)22)23-11-2-4-14-25(23)30-26/h1-17,30H. The highest BCUT2D eigenvalue weighted by Crippen LogP contribution is 2.39. The van der Waals surface area contributed by atoms with Crippen molar-refractivity contribution in [1.29, 1.82) is 0 Å². The first kappa shape index (κ1) is 17.3. The summed E-state index contributed by atoms with van der Waals surface area (Å²) in [5.74, 6) is 0. The van der Waals surface area contributed by atoms with Crippen molar-refractivity contribution in [1.82, 2.24) is 4.98 Å². The predicted molar refractivity (Wildman–Crippen MR) is 129 cm³/mol. The summed E-state index contributed by atoms with van der Waals surface area (Å²) in [5.41, 5.74) is 6.94. The first-order valence-corrected chi connectivity index (χ1v) is 10.4. The van der Waals surface area contributed by atoms with Crippen molar-refractivity contribution in [3.63, 3.8) is 0 Å². The van der Waals surface area contributed by atoms with Crippen LogP contribution in [-0.2, 0) is 0 Å². The molecule has 6 rings (SSSR count). The Kier molecular flexibility index (Phi) is 3.90. The van der Waals surface area contributed by atoms with Gasteiger partial charge >= 0.3 is 0 Å². The van der Waals surface area contributed by atoms with E-state index in [9.17, 15) is 0 Å². The Balaban J connectivity index is 1.68. The minimum Gasteiger partial charge on any atom is -0.354 e. The molecule has 0 fully saturated rings. The normalized spacial score (nSPS) is 11.5. The number of nitrogens with one attached hydrogen (secondary N) is 1. The molecule has 6 aromatic rings. The van der Waals surface area contributed by atoms with Crippen LogP contribution in [-0.4, -0.2) is 4.98 Å². The summed E-state index contributed by atoms with van der Waals surface area (Å²) in [6, 6.07) is 36.1. The van der Waals surface area contributed by atoms with Crippen LogP contribution in [0.25, 0.3) is 54.8 Å². The lowest BCUT2D eigenvalue weighted by atomic mass is 9.93. The number of benzene rings is 5. The molecule has 1 N–H and O–H groups in total. The van der Waals surface area contributed by atoms with Crippen molar-refractivity contribution in [3.05, 3.63) is 108 Å². The molecule has 5 aromatic carbocycles. The summed E-state index contributed by atoms with van der Waals surface area (Å²) in [5, 5.41) is 5.83. The van der Waals surface area contributed by atoms with Crippen LogP contribution in [0.3, 0.4) is 0 Å². The maximum absolute atomic E-state index is 6.48. The molecular formula is C28H18ClN. The van der Waals surface area contributed by atoms with Crippen LogP contribution in [0.4, 0.5) is 0 Å². The number of hydrogen-bond acceptors (Lipinski definition) is 0. The quantitative estimate of drug-likeness (QED) is 0.298. The molecule has 0 aliphatic rings. The molecule has 0 aliphatic heterocycles. The van der Waals surface area contributed by atoms with E-state index in [0.29, 0.717) is 0 Å². The molecule has 0 radical (unpaired) electrons.